The highest BCUT2D eigenvalue weighted by Gasteiger charge is 2.42. The van der Waals surface area contributed by atoms with E-state index in [1.54, 1.807) is 6.07 Å². The Balaban J connectivity index is 1.78. The molecule has 1 heterocycles. The highest BCUT2D eigenvalue weighted by Crippen LogP contribution is 2.42. The number of benzene rings is 1. The van der Waals surface area contributed by atoms with Gasteiger partial charge in [-0.15, -0.1) is 0 Å². The number of methoxy groups -OCH3 is 1. The van der Waals surface area contributed by atoms with Crippen LogP contribution in [0.1, 0.15) is 48.9 Å². The van der Waals surface area contributed by atoms with Crippen LogP contribution in [0, 0.1) is 11.7 Å². The predicted molar refractivity (Wildman–Crippen MR) is 77.2 cm³/mol. The van der Waals surface area contributed by atoms with Crippen LogP contribution in [0.3, 0.4) is 0 Å². The average molecular weight is 292 g/mol. The summed E-state index contributed by atoms with van der Waals surface area (Å²) < 4.78 is 25.0. The molecule has 1 saturated heterocycles. The second-order valence-electron chi connectivity index (χ2n) is 6.14. The summed E-state index contributed by atoms with van der Waals surface area (Å²) in [5.41, 5.74) is 0.0532. The molecule has 0 N–H and O–H groups in total. The molecule has 1 aromatic carbocycles. The Labute approximate surface area is 124 Å². The number of ether oxygens (including phenoxy) is 2. The van der Waals surface area contributed by atoms with Crippen molar-refractivity contribution >= 4 is 5.78 Å². The van der Waals surface area contributed by atoms with Crippen LogP contribution in [-0.4, -0.2) is 25.1 Å². The Morgan fingerprint density at radius 2 is 2.14 bits per heavy atom. The standard InChI is InChI=1S/C17H21FO3/c1-20-13-4-5-14(15(18)10-13)16(19)12-6-9-21-17(11-12)7-2-3-8-17/h4-5,10,12H,2-3,6-9,11H2,1H3. The molecule has 1 aliphatic carbocycles. The molecule has 3 nitrogen and oxygen atoms in total. The maximum atomic E-state index is 14.1. The molecule has 1 aliphatic heterocycles. The van der Waals surface area contributed by atoms with E-state index in [1.165, 1.54) is 19.2 Å². The lowest BCUT2D eigenvalue weighted by atomic mass is 9.80. The highest BCUT2D eigenvalue weighted by atomic mass is 19.1. The SMILES string of the molecule is COc1ccc(C(=O)C2CCOC3(CCCC3)C2)c(F)c1. The molecule has 114 valence electrons. The fourth-order valence-electron chi connectivity index (χ4n) is 3.66. The van der Waals surface area contributed by atoms with Crippen molar-refractivity contribution in [2.45, 2.75) is 44.1 Å². The Morgan fingerprint density at radius 3 is 2.81 bits per heavy atom. The first-order valence-electron chi connectivity index (χ1n) is 7.65. The molecule has 1 atom stereocenters. The molecule has 0 radical (unpaired) electrons. The molecule has 1 unspecified atom stereocenters. The minimum Gasteiger partial charge on any atom is -0.497 e. The third-order valence-electron chi connectivity index (χ3n) is 4.82. The highest BCUT2D eigenvalue weighted by molar-refractivity contribution is 5.98. The lowest BCUT2D eigenvalue weighted by Crippen LogP contribution is -2.39. The summed E-state index contributed by atoms with van der Waals surface area (Å²) in [7, 11) is 1.48. The van der Waals surface area contributed by atoms with Crippen molar-refractivity contribution in [2.75, 3.05) is 13.7 Å². The van der Waals surface area contributed by atoms with Crippen LogP contribution in [0.5, 0.6) is 5.75 Å². The second kappa shape index (κ2) is 5.76. The molecule has 3 rings (SSSR count). The summed E-state index contributed by atoms with van der Waals surface area (Å²) in [5, 5.41) is 0. The Bertz CT molecular complexity index is 535. The van der Waals surface area contributed by atoms with Gasteiger partial charge in [0.25, 0.3) is 0 Å². The van der Waals surface area contributed by atoms with Crippen LogP contribution in [0.15, 0.2) is 18.2 Å². The number of hydrogen-bond acceptors (Lipinski definition) is 3. The largest absolute Gasteiger partial charge is 0.497 e. The van der Waals surface area contributed by atoms with Gasteiger partial charge in [-0.3, -0.25) is 4.79 Å². The van der Waals surface area contributed by atoms with Gasteiger partial charge in [-0.25, -0.2) is 4.39 Å². The normalized spacial score (nSPS) is 24.2. The number of ketones is 1. The van der Waals surface area contributed by atoms with Crippen molar-refractivity contribution in [3.05, 3.63) is 29.6 Å². The van der Waals surface area contributed by atoms with Crippen LogP contribution in [-0.2, 0) is 4.74 Å². The van der Waals surface area contributed by atoms with Crippen molar-refractivity contribution in [1.29, 1.82) is 0 Å². The molecule has 21 heavy (non-hydrogen) atoms. The molecule has 0 aromatic heterocycles. The van der Waals surface area contributed by atoms with E-state index in [1.807, 2.05) is 0 Å². The Hall–Kier alpha value is -1.42. The minimum atomic E-state index is -0.494. The van der Waals surface area contributed by atoms with Crippen LogP contribution in [0.25, 0.3) is 0 Å². The second-order valence-corrected chi connectivity index (χ2v) is 6.14. The third kappa shape index (κ3) is 2.82. The maximum Gasteiger partial charge on any atom is 0.169 e. The van der Waals surface area contributed by atoms with Gasteiger partial charge in [0.15, 0.2) is 5.78 Å². The average Bonchev–Trinajstić information content (AvgIpc) is 2.94. The molecule has 0 bridgehead atoms. The Kier molecular flexibility index (Phi) is 3.98. The lowest BCUT2D eigenvalue weighted by molar-refractivity contribution is -0.0866. The summed E-state index contributed by atoms with van der Waals surface area (Å²) >= 11 is 0. The van der Waals surface area contributed by atoms with Crippen LogP contribution < -0.4 is 4.74 Å². The Morgan fingerprint density at radius 1 is 1.38 bits per heavy atom. The number of halogens is 1. The predicted octanol–water partition coefficient (Wildman–Crippen LogP) is 3.76. The van der Waals surface area contributed by atoms with Gasteiger partial charge < -0.3 is 9.47 Å². The van der Waals surface area contributed by atoms with Crippen molar-refractivity contribution in [3.8, 4) is 5.75 Å². The van der Waals surface area contributed by atoms with Gasteiger partial charge in [0.05, 0.1) is 18.3 Å². The number of Topliss-reactive ketones (excluding diaryl/α,β-unsaturated/α-hetero) is 1. The monoisotopic (exact) mass is 292 g/mol. The van der Waals surface area contributed by atoms with Gasteiger partial charge >= 0.3 is 0 Å². The maximum absolute atomic E-state index is 14.1. The molecule has 2 fully saturated rings. The first-order chi connectivity index (χ1) is 10.1. The first kappa shape index (κ1) is 14.5. The quantitative estimate of drug-likeness (QED) is 0.796. The smallest absolute Gasteiger partial charge is 0.169 e. The fourth-order valence-corrected chi connectivity index (χ4v) is 3.66. The van der Waals surface area contributed by atoms with Crippen molar-refractivity contribution in [1.82, 2.24) is 0 Å². The van der Waals surface area contributed by atoms with Gasteiger partial charge in [0.1, 0.15) is 11.6 Å². The molecular formula is C17H21FO3. The molecule has 1 spiro atoms. The number of carbonyl (C=O) groups excluding carboxylic acids is 1. The van der Waals surface area contributed by atoms with E-state index in [2.05, 4.69) is 0 Å². The van der Waals surface area contributed by atoms with E-state index >= 15 is 0 Å². The van der Waals surface area contributed by atoms with Gasteiger partial charge in [0, 0.05) is 18.6 Å². The number of rotatable bonds is 3. The van der Waals surface area contributed by atoms with Crippen molar-refractivity contribution in [3.63, 3.8) is 0 Å². The van der Waals surface area contributed by atoms with Crippen LogP contribution in [0.4, 0.5) is 4.39 Å². The van der Waals surface area contributed by atoms with E-state index in [4.69, 9.17) is 9.47 Å². The number of hydrogen-bond donors (Lipinski definition) is 0. The molecule has 0 amide bonds. The van der Waals surface area contributed by atoms with Gasteiger partial charge in [-0.1, -0.05) is 12.8 Å². The lowest BCUT2D eigenvalue weighted by Gasteiger charge is -2.37. The van der Waals surface area contributed by atoms with E-state index in [0.717, 1.165) is 32.1 Å². The molecule has 2 aliphatic rings. The summed E-state index contributed by atoms with van der Waals surface area (Å²) in [5.74, 6) is -0.279. The van der Waals surface area contributed by atoms with E-state index < -0.39 is 5.82 Å². The first-order valence-corrected chi connectivity index (χ1v) is 7.65. The van der Waals surface area contributed by atoms with Crippen molar-refractivity contribution in [2.24, 2.45) is 5.92 Å². The van der Waals surface area contributed by atoms with E-state index in [-0.39, 0.29) is 22.9 Å². The summed E-state index contributed by atoms with van der Waals surface area (Å²) in [6.45, 7) is 0.605. The minimum absolute atomic E-state index is 0.0928. The van der Waals surface area contributed by atoms with E-state index in [0.29, 0.717) is 18.8 Å². The summed E-state index contributed by atoms with van der Waals surface area (Å²) in [6, 6.07) is 4.45. The molecular weight excluding hydrogens is 271 g/mol. The van der Waals surface area contributed by atoms with Gasteiger partial charge in [-0.05, 0) is 37.8 Å². The number of carbonyl (C=O) groups is 1. The summed E-state index contributed by atoms with van der Waals surface area (Å²) in [6.07, 6.45) is 5.81. The molecule has 4 heteroatoms. The van der Waals surface area contributed by atoms with Gasteiger partial charge in [-0.2, -0.15) is 0 Å². The zero-order valence-corrected chi connectivity index (χ0v) is 12.4. The fraction of sp³-hybridized carbons (Fsp3) is 0.588. The zero-order valence-electron chi connectivity index (χ0n) is 12.4. The van der Waals surface area contributed by atoms with Gasteiger partial charge in [0.2, 0.25) is 0 Å². The van der Waals surface area contributed by atoms with Crippen LogP contribution in [0.2, 0.25) is 0 Å². The topological polar surface area (TPSA) is 35.5 Å². The van der Waals surface area contributed by atoms with E-state index in [9.17, 15) is 9.18 Å². The molecule has 1 aromatic rings. The van der Waals surface area contributed by atoms with Crippen LogP contribution >= 0.6 is 0 Å². The third-order valence-corrected chi connectivity index (χ3v) is 4.82. The zero-order chi connectivity index (χ0) is 14.9. The van der Waals surface area contributed by atoms with Crippen molar-refractivity contribution < 1.29 is 18.7 Å². The molecule has 1 saturated carbocycles. The summed E-state index contributed by atoms with van der Waals surface area (Å²) in [4.78, 5) is 12.6.